The summed E-state index contributed by atoms with van der Waals surface area (Å²) in [6.45, 7) is 6.24. The highest BCUT2D eigenvalue weighted by Gasteiger charge is 2.18. The van der Waals surface area contributed by atoms with Gasteiger partial charge in [-0.2, -0.15) is 0 Å². The van der Waals surface area contributed by atoms with Crippen LogP contribution in [-0.4, -0.2) is 20.3 Å². The van der Waals surface area contributed by atoms with Crippen LogP contribution in [0.25, 0.3) is 27.8 Å². The van der Waals surface area contributed by atoms with Crippen LogP contribution in [-0.2, 0) is 11.2 Å². The number of pyridine rings is 2. The molecule has 3 aromatic heterocycles. The zero-order valence-corrected chi connectivity index (χ0v) is 18.4. The van der Waals surface area contributed by atoms with Crippen LogP contribution in [0.4, 0.5) is 5.69 Å². The van der Waals surface area contributed by atoms with E-state index in [1.807, 2.05) is 60.0 Å². The molecule has 0 atom stereocenters. The van der Waals surface area contributed by atoms with Gasteiger partial charge in [0.15, 0.2) is 0 Å². The molecule has 0 saturated heterocycles. The molecule has 0 spiro atoms. The van der Waals surface area contributed by atoms with E-state index >= 15 is 0 Å². The highest BCUT2D eigenvalue weighted by atomic mass is 16.1. The van der Waals surface area contributed by atoms with Gasteiger partial charge in [-0.3, -0.25) is 9.78 Å². The van der Waals surface area contributed by atoms with E-state index in [9.17, 15) is 4.79 Å². The molecule has 5 aromatic rings. The van der Waals surface area contributed by atoms with E-state index in [0.29, 0.717) is 5.69 Å². The van der Waals surface area contributed by atoms with Crippen molar-refractivity contribution in [1.29, 1.82) is 0 Å². The number of anilines is 1. The summed E-state index contributed by atoms with van der Waals surface area (Å²) in [5.41, 5.74) is 8.63. The van der Waals surface area contributed by atoms with E-state index in [-0.39, 0.29) is 12.3 Å². The zero-order valence-electron chi connectivity index (χ0n) is 18.4. The summed E-state index contributed by atoms with van der Waals surface area (Å²) in [5, 5.41) is 4.05. The second-order valence-corrected chi connectivity index (χ2v) is 8.24. The largest absolute Gasteiger partial charge is 0.324 e. The second kappa shape index (κ2) is 7.93. The number of para-hydroxylation sites is 1. The van der Waals surface area contributed by atoms with Crippen LogP contribution in [0.3, 0.4) is 0 Å². The summed E-state index contributed by atoms with van der Waals surface area (Å²) in [4.78, 5) is 22.5. The fraction of sp³-hybridized carbons (Fsp3) is 0.148. The third kappa shape index (κ3) is 3.62. The number of fused-ring (bicyclic) bond motifs is 2. The van der Waals surface area contributed by atoms with E-state index in [0.717, 1.165) is 39.1 Å². The Balaban J connectivity index is 1.55. The van der Waals surface area contributed by atoms with E-state index in [1.165, 1.54) is 11.1 Å². The van der Waals surface area contributed by atoms with Crippen molar-refractivity contribution in [3.63, 3.8) is 0 Å². The van der Waals surface area contributed by atoms with Crippen molar-refractivity contribution >= 4 is 28.1 Å². The molecule has 158 valence electrons. The lowest BCUT2D eigenvalue weighted by molar-refractivity contribution is -0.115. The molecule has 5 nitrogen and oxygen atoms in total. The van der Waals surface area contributed by atoms with Gasteiger partial charge in [-0.15, -0.1) is 0 Å². The third-order valence-electron chi connectivity index (χ3n) is 5.90. The van der Waals surface area contributed by atoms with Gasteiger partial charge in [-0.1, -0.05) is 30.3 Å². The molecule has 1 N–H and O–H groups in total. The van der Waals surface area contributed by atoms with Crippen molar-refractivity contribution in [2.24, 2.45) is 0 Å². The number of nitrogens with zero attached hydrogens (tertiary/aromatic N) is 3. The summed E-state index contributed by atoms with van der Waals surface area (Å²) in [6.07, 6.45) is 3.93. The van der Waals surface area contributed by atoms with E-state index < -0.39 is 0 Å². The number of hydrogen-bond donors (Lipinski definition) is 1. The Morgan fingerprint density at radius 3 is 2.66 bits per heavy atom. The second-order valence-electron chi connectivity index (χ2n) is 8.24. The molecule has 2 aromatic carbocycles. The standard InChI is InChI=1S/C27H24N4O/c1-17-11-13-31-23(27(30-24(31)14-17)21-10-9-18(2)19(3)15-21)16-25(32)29-22-8-4-6-20-7-5-12-28-26(20)22/h4-15H,16H2,1-3H3,(H,29,32). The van der Waals surface area contributed by atoms with Gasteiger partial charge in [0.1, 0.15) is 5.65 Å². The minimum Gasteiger partial charge on any atom is -0.324 e. The van der Waals surface area contributed by atoms with Crippen LogP contribution in [0.1, 0.15) is 22.4 Å². The number of hydrogen-bond acceptors (Lipinski definition) is 3. The molecule has 0 aliphatic heterocycles. The number of carbonyl (C=O) groups is 1. The van der Waals surface area contributed by atoms with Gasteiger partial charge in [-0.25, -0.2) is 4.98 Å². The Morgan fingerprint density at radius 1 is 0.969 bits per heavy atom. The number of aromatic nitrogens is 3. The maximum absolute atomic E-state index is 13.2. The fourth-order valence-corrected chi connectivity index (χ4v) is 4.04. The van der Waals surface area contributed by atoms with Gasteiger partial charge in [-0.05, 0) is 67.8 Å². The lowest BCUT2D eigenvalue weighted by Crippen LogP contribution is -2.16. The number of nitrogens with one attached hydrogen (secondary N) is 1. The fourth-order valence-electron chi connectivity index (χ4n) is 4.04. The number of carbonyl (C=O) groups excluding carboxylic acids is 1. The molecule has 5 heteroatoms. The van der Waals surface area contributed by atoms with E-state index in [1.54, 1.807) is 6.20 Å². The summed E-state index contributed by atoms with van der Waals surface area (Å²) < 4.78 is 2.01. The molecule has 0 unspecified atom stereocenters. The molecule has 0 saturated carbocycles. The molecule has 0 bridgehead atoms. The Kier molecular flexibility index (Phi) is 4.94. The number of imidazole rings is 1. The van der Waals surface area contributed by atoms with E-state index in [4.69, 9.17) is 4.98 Å². The summed E-state index contributed by atoms with van der Waals surface area (Å²) in [6, 6.07) is 20.1. The van der Waals surface area contributed by atoms with Crippen LogP contribution in [0, 0.1) is 20.8 Å². The zero-order chi connectivity index (χ0) is 22.2. The molecule has 3 heterocycles. The first-order valence-electron chi connectivity index (χ1n) is 10.7. The van der Waals surface area contributed by atoms with Crippen LogP contribution < -0.4 is 5.32 Å². The van der Waals surface area contributed by atoms with Crippen molar-refractivity contribution in [1.82, 2.24) is 14.4 Å². The van der Waals surface area contributed by atoms with Crippen LogP contribution in [0.15, 0.2) is 73.1 Å². The smallest absolute Gasteiger partial charge is 0.230 e. The highest BCUT2D eigenvalue weighted by molar-refractivity contribution is 6.01. The molecule has 5 rings (SSSR count). The first-order chi connectivity index (χ1) is 15.5. The quantitative estimate of drug-likeness (QED) is 0.408. The molecule has 0 radical (unpaired) electrons. The van der Waals surface area contributed by atoms with Crippen LogP contribution >= 0.6 is 0 Å². The number of aryl methyl sites for hydroxylation is 3. The number of amides is 1. The van der Waals surface area contributed by atoms with Crippen molar-refractivity contribution in [3.05, 3.63) is 95.4 Å². The highest BCUT2D eigenvalue weighted by Crippen LogP contribution is 2.28. The van der Waals surface area contributed by atoms with Gasteiger partial charge in [0, 0.05) is 23.3 Å². The first kappa shape index (κ1) is 19.9. The van der Waals surface area contributed by atoms with Crippen LogP contribution in [0.5, 0.6) is 0 Å². The molecule has 0 fully saturated rings. The van der Waals surface area contributed by atoms with Gasteiger partial charge in [0.2, 0.25) is 5.91 Å². The van der Waals surface area contributed by atoms with Gasteiger partial charge < -0.3 is 9.72 Å². The summed E-state index contributed by atoms with van der Waals surface area (Å²) in [7, 11) is 0. The Hall–Kier alpha value is -3.99. The first-order valence-corrected chi connectivity index (χ1v) is 10.7. The molecule has 0 aliphatic rings. The molecule has 32 heavy (non-hydrogen) atoms. The lowest BCUT2D eigenvalue weighted by Gasteiger charge is -2.10. The van der Waals surface area contributed by atoms with Gasteiger partial charge >= 0.3 is 0 Å². The van der Waals surface area contributed by atoms with Crippen molar-refractivity contribution in [2.75, 3.05) is 5.32 Å². The lowest BCUT2D eigenvalue weighted by atomic mass is 10.0. The van der Waals surface area contributed by atoms with Crippen molar-refractivity contribution in [3.8, 4) is 11.3 Å². The summed E-state index contributed by atoms with van der Waals surface area (Å²) >= 11 is 0. The predicted octanol–water partition coefficient (Wildman–Crippen LogP) is 5.66. The third-order valence-corrected chi connectivity index (χ3v) is 5.90. The monoisotopic (exact) mass is 420 g/mol. The van der Waals surface area contributed by atoms with Crippen molar-refractivity contribution < 1.29 is 4.79 Å². The molecular weight excluding hydrogens is 396 g/mol. The molecular formula is C27H24N4O. The van der Waals surface area contributed by atoms with Crippen molar-refractivity contribution in [2.45, 2.75) is 27.2 Å². The Bertz CT molecular complexity index is 1480. The van der Waals surface area contributed by atoms with Gasteiger partial charge in [0.05, 0.1) is 29.0 Å². The minimum atomic E-state index is -0.101. The molecule has 1 amide bonds. The topological polar surface area (TPSA) is 59.3 Å². The molecule has 0 aliphatic carbocycles. The number of benzene rings is 2. The average Bonchev–Trinajstić information content (AvgIpc) is 3.13. The SMILES string of the molecule is Cc1ccn2c(CC(=O)Nc3cccc4cccnc34)c(-c3ccc(C)c(C)c3)nc2c1. The van der Waals surface area contributed by atoms with Crippen LogP contribution in [0.2, 0.25) is 0 Å². The normalized spacial score (nSPS) is 11.2. The minimum absolute atomic E-state index is 0.101. The summed E-state index contributed by atoms with van der Waals surface area (Å²) in [5.74, 6) is -0.101. The van der Waals surface area contributed by atoms with Gasteiger partial charge in [0.25, 0.3) is 0 Å². The van der Waals surface area contributed by atoms with E-state index in [2.05, 4.69) is 42.3 Å². The Morgan fingerprint density at radius 2 is 1.81 bits per heavy atom. The average molecular weight is 421 g/mol. The maximum Gasteiger partial charge on any atom is 0.230 e. The maximum atomic E-state index is 13.2. The number of rotatable bonds is 4. The predicted molar refractivity (Wildman–Crippen MR) is 129 cm³/mol. The Labute approximate surface area is 186 Å².